The van der Waals surface area contributed by atoms with Crippen LogP contribution in [0.5, 0.6) is 5.88 Å². The minimum Gasteiger partial charge on any atom is -0.477 e. The van der Waals surface area contributed by atoms with E-state index in [1.807, 2.05) is 0 Å². The van der Waals surface area contributed by atoms with Gasteiger partial charge in [0.1, 0.15) is 15.9 Å². The summed E-state index contributed by atoms with van der Waals surface area (Å²) in [5, 5.41) is 1.08. The lowest BCUT2D eigenvalue weighted by atomic mass is 9.95. The van der Waals surface area contributed by atoms with Gasteiger partial charge < -0.3 is 9.47 Å². The summed E-state index contributed by atoms with van der Waals surface area (Å²) < 4.78 is 13.0. The van der Waals surface area contributed by atoms with Gasteiger partial charge in [0.25, 0.3) is 0 Å². The lowest BCUT2D eigenvalue weighted by Crippen LogP contribution is -2.32. The van der Waals surface area contributed by atoms with Crippen LogP contribution in [0.4, 0.5) is 0 Å². The standard InChI is InChI=1S/C23H31N3O2S/c1-4-5-6-7-8-9-10-11-27-21-20-19(24-15-25-21)17-12-16-14-28-23(2,3)13-18(16)26-22(17)29-20/h12,15H,4-11,13-14H2,1-3H3. The molecule has 0 unspecified atom stereocenters. The highest BCUT2D eigenvalue weighted by atomic mass is 32.1. The van der Waals surface area contributed by atoms with E-state index in [-0.39, 0.29) is 5.60 Å². The zero-order valence-electron chi connectivity index (χ0n) is 17.8. The summed E-state index contributed by atoms with van der Waals surface area (Å²) in [7, 11) is 0. The Morgan fingerprint density at radius 3 is 2.72 bits per heavy atom. The average Bonchev–Trinajstić information content (AvgIpc) is 3.06. The van der Waals surface area contributed by atoms with E-state index in [1.54, 1.807) is 17.7 Å². The third-order valence-electron chi connectivity index (χ3n) is 5.58. The van der Waals surface area contributed by atoms with Crippen LogP contribution in [0.15, 0.2) is 12.4 Å². The summed E-state index contributed by atoms with van der Waals surface area (Å²) in [4.78, 5) is 14.9. The Balaban J connectivity index is 1.47. The summed E-state index contributed by atoms with van der Waals surface area (Å²) in [5.74, 6) is 0.693. The summed E-state index contributed by atoms with van der Waals surface area (Å²) >= 11 is 1.64. The number of hydrogen-bond donors (Lipinski definition) is 0. The first-order valence-electron chi connectivity index (χ1n) is 10.9. The molecule has 4 heterocycles. The number of ether oxygens (including phenoxy) is 2. The van der Waals surface area contributed by atoms with Gasteiger partial charge in [-0.15, -0.1) is 11.3 Å². The molecule has 0 saturated heterocycles. The molecular weight excluding hydrogens is 382 g/mol. The molecule has 3 aromatic heterocycles. The highest BCUT2D eigenvalue weighted by Crippen LogP contribution is 2.38. The minimum absolute atomic E-state index is 0.158. The summed E-state index contributed by atoms with van der Waals surface area (Å²) in [6.07, 6.45) is 11.3. The van der Waals surface area contributed by atoms with Crippen molar-refractivity contribution < 1.29 is 9.47 Å². The van der Waals surface area contributed by atoms with Crippen LogP contribution in [0.3, 0.4) is 0 Å². The van der Waals surface area contributed by atoms with Crippen LogP contribution < -0.4 is 4.74 Å². The monoisotopic (exact) mass is 413 g/mol. The van der Waals surface area contributed by atoms with Crippen LogP contribution in [0.1, 0.15) is 77.0 Å². The van der Waals surface area contributed by atoms with E-state index in [4.69, 9.17) is 14.5 Å². The molecule has 0 aromatic carbocycles. The second kappa shape index (κ2) is 8.92. The molecule has 0 spiro atoms. The predicted octanol–water partition coefficient (Wildman–Crippen LogP) is 6.22. The van der Waals surface area contributed by atoms with Crippen molar-refractivity contribution in [2.45, 2.75) is 84.3 Å². The fourth-order valence-corrected chi connectivity index (χ4v) is 4.97. The van der Waals surface area contributed by atoms with E-state index < -0.39 is 0 Å². The molecule has 0 amide bonds. The van der Waals surface area contributed by atoms with Gasteiger partial charge in [-0.25, -0.2) is 15.0 Å². The second-order valence-corrected chi connectivity index (χ2v) is 9.60. The number of hydrogen-bond acceptors (Lipinski definition) is 6. The first-order chi connectivity index (χ1) is 14.1. The van der Waals surface area contributed by atoms with Crippen molar-refractivity contribution in [1.82, 2.24) is 15.0 Å². The zero-order chi connectivity index (χ0) is 20.3. The second-order valence-electron chi connectivity index (χ2n) is 8.60. The van der Waals surface area contributed by atoms with Crippen molar-refractivity contribution in [3.8, 4) is 5.88 Å². The van der Waals surface area contributed by atoms with Crippen LogP contribution in [-0.2, 0) is 17.8 Å². The van der Waals surface area contributed by atoms with Gasteiger partial charge in [-0.05, 0) is 26.3 Å². The Kier molecular flexibility index (Phi) is 6.30. The van der Waals surface area contributed by atoms with E-state index in [0.29, 0.717) is 19.1 Å². The van der Waals surface area contributed by atoms with Gasteiger partial charge in [-0.1, -0.05) is 45.4 Å². The number of unbranched alkanes of at least 4 members (excludes halogenated alkanes) is 6. The van der Waals surface area contributed by atoms with Crippen LogP contribution in [-0.4, -0.2) is 27.2 Å². The van der Waals surface area contributed by atoms with Crippen LogP contribution in [0, 0.1) is 0 Å². The lowest BCUT2D eigenvalue weighted by molar-refractivity contribution is -0.0411. The van der Waals surface area contributed by atoms with Crippen molar-refractivity contribution in [2.75, 3.05) is 6.61 Å². The maximum atomic E-state index is 6.04. The zero-order valence-corrected chi connectivity index (χ0v) is 18.6. The lowest BCUT2D eigenvalue weighted by Gasteiger charge is -2.30. The van der Waals surface area contributed by atoms with Gasteiger partial charge in [-0.2, -0.15) is 0 Å². The Labute approximate surface area is 176 Å². The fourth-order valence-electron chi connectivity index (χ4n) is 3.90. The smallest absolute Gasteiger partial charge is 0.234 e. The van der Waals surface area contributed by atoms with Gasteiger partial charge in [0.2, 0.25) is 5.88 Å². The van der Waals surface area contributed by atoms with E-state index in [1.165, 1.54) is 44.1 Å². The SMILES string of the molecule is CCCCCCCCCOc1ncnc2c1sc1nc3c(cc12)COC(C)(C)C3. The molecule has 0 radical (unpaired) electrons. The molecule has 1 aliphatic heterocycles. The van der Waals surface area contributed by atoms with Crippen molar-refractivity contribution in [3.05, 3.63) is 23.7 Å². The maximum Gasteiger partial charge on any atom is 0.234 e. The van der Waals surface area contributed by atoms with Crippen molar-refractivity contribution in [3.63, 3.8) is 0 Å². The van der Waals surface area contributed by atoms with Gasteiger partial charge in [0.15, 0.2) is 0 Å². The molecule has 0 aliphatic carbocycles. The number of pyridine rings is 1. The van der Waals surface area contributed by atoms with Gasteiger partial charge >= 0.3 is 0 Å². The molecule has 156 valence electrons. The Bertz CT molecular complexity index is 983. The summed E-state index contributed by atoms with van der Waals surface area (Å²) in [6, 6.07) is 2.19. The van der Waals surface area contributed by atoms with Gasteiger partial charge in [0, 0.05) is 17.4 Å². The summed E-state index contributed by atoms with van der Waals surface area (Å²) in [6.45, 7) is 7.81. The van der Waals surface area contributed by atoms with Gasteiger partial charge in [-0.3, -0.25) is 0 Å². The number of rotatable bonds is 9. The predicted molar refractivity (Wildman–Crippen MR) is 119 cm³/mol. The Morgan fingerprint density at radius 1 is 1.10 bits per heavy atom. The topological polar surface area (TPSA) is 57.1 Å². The maximum absolute atomic E-state index is 6.04. The molecule has 6 heteroatoms. The average molecular weight is 414 g/mol. The molecule has 1 aliphatic rings. The molecule has 0 N–H and O–H groups in total. The number of thiophene rings is 1. The molecule has 0 saturated carbocycles. The van der Waals surface area contributed by atoms with E-state index in [2.05, 4.69) is 36.8 Å². The number of aromatic nitrogens is 3. The molecule has 29 heavy (non-hydrogen) atoms. The largest absolute Gasteiger partial charge is 0.477 e. The van der Waals surface area contributed by atoms with E-state index in [9.17, 15) is 0 Å². The van der Waals surface area contributed by atoms with E-state index in [0.717, 1.165) is 39.0 Å². The normalized spacial score (nSPS) is 15.7. The third-order valence-corrected chi connectivity index (χ3v) is 6.66. The van der Waals surface area contributed by atoms with Crippen LogP contribution in [0.25, 0.3) is 20.4 Å². The first-order valence-corrected chi connectivity index (χ1v) is 11.7. The molecule has 0 bridgehead atoms. The molecule has 0 fully saturated rings. The van der Waals surface area contributed by atoms with E-state index >= 15 is 0 Å². The number of fused-ring (bicyclic) bond motifs is 4. The fraction of sp³-hybridized carbons (Fsp3) is 0.609. The summed E-state index contributed by atoms with van der Waals surface area (Å²) in [5.41, 5.74) is 3.09. The molecule has 3 aromatic rings. The molecule has 4 rings (SSSR count). The van der Waals surface area contributed by atoms with Crippen molar-refractivity contribution >= 4 is 31.8 Å². The quantitative estimate of drug-likeness (QED) is 0.390. The Morgan fingerprint density at radius 2 is 1.90 bits per heavy atom. The molecule has 0 atom stereocenters. The highest BCUT2D eigenvalue weighted by Gasteiger charge is 2.28. The number of nitrogens with zero attached hydrogens (tertiary/aromatic N) is 3. The molecule has 5 nitrogen and oxygen atoms in total. The van der Waals surface area contributed by atoms with Crippen LogP contribution >= 0.6 is 11.3 Å². The van der Waals surface area contributed by atoms with Crippen molar-refractivity contribution in [2.24, 2.45) is 0 Å². The van der Waals surface area contributed by atoms with Gasteiger partial charge in [0.05, 0.1) is 30.0 Å². The Hall–Kier alpha value is -1.79. The van der Waals surface area contributed by atoms with Crippen molar-refractivity contribution in [1.29, 1.82) is 0 Å². The third kappa shape index (κ3) is 4.69. The first kappa shape index (κ1) is 20.5. The minimum atomic E-state index is -0.158. The molecular formula is C23H31N3O2S. The highest BCUT2D eigenvalue weighted by molar-refractivity contribution is 7.25. The van der Waals surface area contributed by atoms with Crippen LogP contribution in [0.2, 0.25) is 0 Å².